The largest absolute Gasteiger partial charge is 0.491 e. The molecule has 6 nitrogen and oxygen atoms in total. The first-order valence-corrected chi connectivity index (χ1v) is 8.08. The van der Waals surface area contributed by atoms with Crippen LogP contribution in [-0.4, -0.2) is 24.6 Å². The highest BCUT2D eigenvalue weighted by Gasteiger charge is 2.14. The van der Waals surface area contributed by atoms with Crippen molar-refractivity contribution in [1.29, 1.82) is 0 Å². The number of aromatic nitrogens is 2. The van der Waals surface area contributed by atoms with E-state index in [0.29, 0.717) is 24.5 Å². The van der Waals surface area contributed by atoms with E-state index in [1.54, 1.807) is 32.2 Å². The molecule has 0 bridgehead atoms. The SMILES string of the molecule is Cc1cc(S(N)(=O)=O)c(C)cc1OCCn1ccnc1C. The third-order valence-electron chi connectivity index (χ3n) is 3.29. The van der Waals surface area contributed by atoms with Crippen LogP contribution in [0.3, 0.4) is 0 Å². The molecule has 1 heterocycles. The molecule has 0 fully saturated rings. The van der Waals surface area contributed by atoms with Crippen molar-refractivity contribution in [1.82, 2.24) is 9.55 Å². The van der Waals surface area contributed by atoms with Crippen LogP contribution in [0.2, 0.25) is 0 Å². The third kappa shape index (κ3) is 3.62. The van der Waals surface area contributed by atoms with Crippen molar-refractivity contribution in [2.75, 3.05) is 6.61 Å². The highest BCUT2D eigenvalue weighted by molar-refractivity contribution is 7.89. The van der Waals surface area contributed by atoms with Crippen molar-refractivity contribution in [3.05, 3.63) is 41.5 Å². The van der Waals surface area contributed by atoms with Gasteiger partial charge in [-0.05, 0) is 44.0 Å². The molecular formula is C14H19N3O3S. The molecule has 1 aromatic carbocycles. The van der Waals surface area contributed by atoms with Crippen LogP contribution in [-0.2, 0) is 16.6 Å². The molecule has 0 unspecified atom stereocenters. The minimum Gasteiger partial charge on any atom is -0.491 e. The minimum atomic E-state index is -3.70. The van der Waals surface area contributed by atoms with Gasteiger partial charge in [-0.3, -0.25) is 0 Å². The zero-order chi connectivity index (χ0) is 15.6. The minimum absolute atomic E-state index is 0.137. The van der Waals surface area contributed by atoms with Crippen molar-refractivity contribution in [3.63, 3.8) is 0 Å². The maximum absolute atomic E-state index is 11.5. The number of sulfonamides is 1. The first-order valence-electron chi connectivity index (χ1n) is 6.53. The number of rotatable bonds is 5. The fraction of sp³-hybridized carbons (Fsp3) is 0.357. The van der Waals surface area contributed by atoms with Gasteiger partial charge in [-0.25, -0.2) is 18.5 Å². The molecule has 0 amide bonds. The van der Waals surface area contributed by atoms with Crippen LogP contribution < -0.4 is 9.88 Å². The van der Waals surface area contributed by atoms with E-state index in [0.717, 1.165) is 11.4 Å². The van der Waals surface area contributed by atoms with Crippen LogP contribution in [0.4, 0.5) is 0 Å². The molecule has 1 aromatic heterocycles. The lowest BCUT2D eigenvalue weighted by molar-refractivity contribution is 0.295. The Bertz CT molecular complexity index is 751. The van der Waals surface area contributed by atoms with Crippen molar-refractivity contribution in [2.45, 2.75) is 32.2 Å². The molecule has 0 atom stereocenters. The summed E-state index contributed by atoms with van der Waals surface area (Å²) in [7, 11) is -3.70. The number of nitrogens with two attached hydrogens (primary N) is 1. The van der Waals surface area contributed by atoms with Gasteiger partial charge in [-0.15, -0.1) is 0 Å². The Balaban J connectivity index is 2.11. The lowest BCUT2D eigenvalue weighted by atomic mass is 10.1. The molecule has 0 aliphatic carbocycles. The summed E-state index contributed by atoms with van der Waals surface area (Å²) >= 11 is 0. The molecule has 0 aliphatic heterocycles. The fourth-order valence-electron chi connectivity index (χ4n) is 2.12. The van der Waals surface area contributed by atoms with Gasteiger partial charge in [0.25, 0.3) is 0 Å². The molecule has 21 heavy (non-hydrogen) atoms. The van der Waals surface area contributed by atoms with Crippen LogP contribution in [0, 0.1) is 20.8 Å². The average Bonchev–Trinajstić information content (AvgIpc) is 2.77. The van der Waals surface area contributed by atoms with Gasteiger partial charge in [0.15, 0.2) is 0 Å². The van der Waals surface area contributed by atoms with E-state index in [1.165, 1.54) is 0 Å². The molecule has 114 valence electrons. The monoisotopic (exact) mass is 309 g/mol. The van der Waals surface area contributed by atoms with E-state index in [-0.39, 0.29) is 4.90 Å². The predicted molar refractivity (Wildman–Crippen MR) is 79.7 cm³/mol. The molecule has 0 spiro atoms. The molecule has 2 rings (SSSR count). The van der Waals surface area contributed by atoms with Gasteiger partial charge >= 0.3 is 0 Å². The van der Waals surface area contributed by atoms with Crippen molar-refractivity contribution >= 4 is 10.0 Å². The molecule has 0 saturated heterocycles. The van der Waals surface area contributed by atoms with Gasteiger partial charge < -0.3 is 9.30 Å². The fourth-order valence-corrected chi connectivity index (χ4v) is 2.97. The van der Waals surface area contributed by atoms with E-state index in [9.17, 15) is 8.42 Å². The number of ether oxygens (including phenoxy) is 1. The van der Waals surface area contributed by atoms with Crippen LogP contribution in [0.25, 0.3) is 0 Å². The Morgan fingerprint density at radius 1 is 1.24 bits per heavy atom. The number of hydrogen-bond acceptors (Lipinski definition) is 4. The molecular weight excluding hydrogens is 290 g/mol. The maximum atomic E-state index is 11.5. The summed E-state index contributed by atoms with van der Waals surface area (Å²) in [6, 6.07) is 3.25. The first kappa shape index (κ1) is 15.5. The summed E-state index contributed by atoms with van der Waals surface area (Å²) in [6.45, 7) is 6.59. The number of primary sulfonamides is 1. The predicted octanol–water partition coefficient (Wildman–Crippen LogP) is 1.53. The molecule has 2 aromatic rings. The van der Waals surface area contributed by atoms with Crippen LogP contribution in [0.1, 0.15) is 17.0 Å². The quantitative estimate of drug-likeness (QED) is 0.907. The molecule has 0 saturated carbocycles. The number of nitrogens with zero attached hydrogens (tertiary/aromatic N) is 2. The van der Waals surface area contributed by atoms with Gasteiger partial charge in [0, 0.05) is 12.4 Å². The lowest BCUT2D eigenvalue weighted by Gasteiger charge is -2.13. The van der Waals surface area contributed by atoms with Crippen LogP contribution in [0.5, 0.6) is 5.75 Å². The average molecular weight is 309 g/mol. The normalized spacial score (nSPS) is 11.6. The second-order valence-corrected chi connectivity index (χ2v) is 6.47. The Morgan fingerprint density at radius 3 is 2.52 bits per heavy atom. The van der Waals surface area contributed by atoms with E-state index >= 15 is 0 Å². The number of hydrogen-bond donors (Lipinski definition) is 1. The highest BCUT2D eigenvalue weighted by atomic mass is 32.2. The smallest absolute Gasteiger partial charge is 0.238 e. The Kier molecular flexibility index (Phi) is 4.34. The number of imidazole rings is 1. The Morgan fingerprint density at radius 2 is 1.95 bits per heavy atom. The maximum Gasteiger partial charge on any atom is 0.238 e. The van der Waals surface area contributed by atoms with E-state index in [1.807, 2.05) is 17.7 Å². The molecule has 0 aliphatic rings. The first-order chi connectivity index (χ1) is 9.79. The zero-order valence-corrected chi connectivity index (χ0v) is 13.1. The van der Waals surface area contributed by atoms with E-state index in [2.05, 4.69) is 4.98 Å². The number of benzene rings is 1. The Hall–Kier alpha value is -1.86. The van der Waals surface area contributed by atoms with Crippen LogP contribution in [0.15, 0.2) is 29.4 Å². The summed E-state index contributed by atoms with van der Waals surface area (Å²) in [4.78, 5) is 4.28. The zero-order valence-electron chi connectivity index (χ0n) is 12.3. The van der Waals surface area contributed by atoms with Crippen molar-refractivity contribution in [3.8, 4) is 5.75 Å². The highest BCUT2D eigenvalue weighted by Crippen LogP contribution is 2.25. The standard InChI is InChI=1S/C14H19N3O3S/c1-10-9-14(21(15,18)19)11(2)8-13(10)20-7-6-17-5-4-16-12(17)3/h4-5,8-9H,6-7H2,1-3H3,(H2,15,18,19). The van der Waals surface area contributed by atoms with Gasteiger partial charge in [0.05, 0.1) is 11.4 Å². The lowest BCUT2D eigenvalue weighted by Crippen LogP contribution is -2.14. The molecule has 0 radical (unpaired) electrons. The van der Waals surface area contributed by atoms with E-state index < -0.39 is 10.0 Å². The van der Waals surface area contributed by atoms with Crippen molar-refractivity contribution in [2.24, 2.45) is 5.14 Å². The van der Waals surface area contributed by atoms with Gasteiger partial charge in [-0.2, -0.15) is 0 Å². The number of aryl methyl sites for hydroxylation is 3. The third-order valence-corrected chi connectivity index (χ3v) is 4.35. The molecule has 2 N–H and O–H groups in total. The summed E-state index contributed by atoms with van der Waals surface area (Å²) < 4.78 is 30.6. The summed E-state index contributed by atoms with van der Waals surface area (Å²) in [5.74, 6) is 1.59. The summed E-state index contributed by atoms with van der Waals surface area (Å²) in [5, 5.41) is 5.18. The summed E-state index contributed by atoms with van der Waals surface area (Å²) in [6.07, 6.45) is 3.63. The second-order valence-electron chi connectivity index (χ2n) is 4.94. The van der Waals surface area contributed by atoms with Gasteiger partial charge in [0.2, 0.25) is 10.0 Å². The van der Waals surface area contributed by atoms with Crippen molar-refractivity contribution < 1.29 is 13.2 Å². The Labute approximate surface area is 124 Å². The van der Waals surface area contributed by atoms with E-state index in [4.69, 9.17) is 9.88 Å². The summed E-state index contributed by atoms with van der Waals surface area (Å²) in [5.41, 5.74) is 1.32. The topological polar surface area (TPSA) is 87.2 Å². The second kappa shape index (κ2) is 5.87. The molecule has 7 heteroatoms. The van der Waals surface area contributed by atoms with Crippen LogP contribution >= 0.6 is 0 Å². The van der Waals surface area contributed by atoms with Gasteiger partial charge in [-0.1, -0.05) is 0 Å². The van der Waals surface area contributed by atoms with Gasteiger partial charge in [0.1, 0.15) is 18.2 Å².